The molecule has 1 aliphatic heterocycles. The molecular formula is C15H20BrNO2. The van der Waals surface area contributed by atoms with Gasteiger partial charge in [0.25, 0.3) is 5.91 Å². The summed E-state index contributed by atoms with van der Waals surface area (Å²) in [5.74, 6) is 0.841. The molecule has 1 saturated heterocycles. The second-order valence-electron chi connectivity index (χ2n) is 4.89. The lowest BCUT2D eigenvalue weighted by molar-refractivity contribution is -0.133. The Bertz CT molecular complexity index is 397. The first-order chi connectivity index (χ1) is 9.25. The van der Waals surface area contributed by atoms with Crippen molar-refractivity contribution >= 4 is 21.8 Å². The van der Waals surface area contributed by atoms with E-state index in [9.17, 15) is 4.79 Å². The number of nitrogens with zero attached hydrogens (tertiary/aromatic N) is 1. The lowest BCUT2D eigenvalue weighted by Gasteiger charge is -2.24. The molecule has 0 atom stereocenters. The number of ether oxygens (including phenoxy) is 1. The van der Waals surface area contributed by atoms with Gasteiger partial charge in [-0.3, -0.25) is 4.79 Å². The summed E-state index contributed by atoms with van der Waals surface area (Å²) in [7, 11) is 0. The Labute approximate surface area is 123 Å². The maximum atomic E-state index is 12.1. The predicted molar refractivity (Wildman–Crippen MR) is 79.3 cm³/mol. The number of carbonyl (C=O) groups is 1. The number of hydrogen-bond acceptors (Lipinski definition) is 2. The van der Waals surface area contributed by atoms with Crippen LogP contribution in [0.25, 0.3) is 0 Å². The molecule has 19 heavy (non-hydrogen) atoms. The van der Waals surface area contributed by atoms with Crippen LogP contribution in [0.4, 0.5) is 0 Å². The summed E-state index contributed by atoms with van der Waals surface area (Å²) in [5, 5.41) is 0. The molecule has 0 saturated carbocycles. The third kappa shape index (κ3) is 4.86. The Kier molecular flexibility index (Phi) is 5.70. The van der Waals surface area contributed by atoms with Crippen molar-refractivity contribution in [3.8, 4) is 5.75 Å². The third-order valence-electron chi connectivity index (χ3n) is 3.38. The maximum absolute atomic E-state index is 12.1. The van der Waals surface area contributed by atoms with Crippen molar-refractivity contribution < 1.29 is 9.53 Å². The second-order valence-corrected chi connectivity index (χ2v) is 5.81. The zero-order valence-electron chi connectivity index (χ0n) is 11.1. The van der Waals surface area contributed by atoms with E-state index in [2.05, 4.69) is 15.9 Å². The molecule has 1 aliphatic rings. The summed E-state index contributed by atoms with van der Waals surface area (Å²) >= 11 is 3.37. The van der Waals surface area contributed by atoms with Crippen LogP contribution in [0.3, 0.4) is 0 Å². The van der Waals surface area contributed by atoms with Gasteiger partial charge in [0.2, 0.25) is 0 Å². The molecular weight excluding hydrogens is 306 g/mol. The highest BCUT2D eigenvalue weighted by Crippen LogP contribution is 2.16. The van der Waals surface area contributed by atoms with E-state index >= 15 is 0 Å². The van der Waals surface area contributed by atoms with Crippen molar-refractivity contribution in [3.05, 3.63) is 28.7 Å². The zero-order chi connectivity index (χ0) is 13.5. The standard InChI is InChI=1S/C15H20BrNO2/c16-13-6-8-14(9-7-13)19-12-15(18)17-10-4-2-1-3-5-11-17/h6-9H,1-5,10-12H2. The van der Waals surface area contributed by atoms with Crippen LogP contribution in [0.15, 0.2) is 28.7 Å². The van der Waals surface area contributed by atoms with Gasteiger partial charge in [-0.15, -0.1) is 0 Å². The molecule has 1 aromatic carbocycles. The molecule has 3 nitrogen and oxygen atoms in total. The number of benzene rings is 1. The highest BCUT2D eigenvalue weighted by molar-refractivity contribution is 9.10. The number of likely N-dealkylation sites (tertiary alicyclic amines) is 1. The fourth-order valence-electron chi connectivity index (χ4n) is 2.26. The van der Waals surface area contributed by atoms with Crippen molar-refractivity contribution in [1.29, 1.82) is 0 Å². The predicted octanol–water partition coefficient (Wildman–Crippen LogP) is 3.62. The van der Waals surface area contributed by atoms with Crippen LogP contribution in [-0.2, 0) is 4.79 Å². The smallest absolute Gasteiger partial charge is 0.260 e. The van der Waals surface area contributed by atoms with Crippen molar-refractivity contribution in [2.24, 2.45) is 0 Å². The first-order valence-corrected chi connectivity index (χ1v) is 7.71. The van der Waals surface area contributed by atoms with Crippen LogP contribution in [0.1, 0.15) is 32.1 Å². The van der Waals surface area contributed by atoms with Crippen LogP contribution in [0.5, 0.6) is 5.75 Å². The minimum absolute atomic E-state index is 0.102. The zero-order valence-corrected chi connectivity index (χ0v) is 12.7. The average Bonchev–Trinajstić information content (AvgIpc) is 2.37. The molecule has 0 aromatic heterocycles. The first kappa shape index (κ1) is 14.4. The number of carbonyl (C=O) groups excluding carboxylic acids is 1. The monoisotopic (exact) mass is 325 g/mol. The van der Waals surface area contributed by atoms with E-state index in [0.29, 0.717) is 0 Å². The quantitative estimate of drug-likeness (QED) is 0.849. The molecule has 0 bridgehead atoms. The number of rotatable bonds is 3. The molecule has 0 aliphatic carbocycles. The average molecular weight is 326 g/mol. The van der Waals surface area contributed by atoms with Gasteiger partial charge in [0, 0.05) is 17.6 Å². The molecule has 0 unspecified atom stereocenters. The Morgan fingerprint density at radius 1 is 1.05 bits per heavy atom. The molecule has 1 fully saturated rings. The van der Waals surface area contributed by atoms with Crippen LogP contribution in [0, 0.1) is 0 Å². The molecule has 104 valence electrons. The summed E-state index contributed by atoms with van der Waals surface area (Å²) in [6.45, 7) is 1.90. The van der Waals surface area contributed by atoms with Gasteiger partial charge in [0.15, 0.2) is 6.61 Å². The van der Waals surface area contributed by atoms with Crippen molar-refractivity contribution in [2.75, 3.05) is 19.7 Å². The summed E-state index contributed by atoms with van der Waals surface area (Å²) in [6, 6.07) is 7.56. The Morgan fingerprint density at radius 2 is 1.63 bits per heavy atom. The van der Waals surface area contributed by atoms with E-state index in [1.807, 2.05) is 29.2 Å². The fraction of sp³-hybridized carbons (Fsp3) is 0.533. The molecule has 1 amide bonds. The fourth-order valence-corrected chi connectivity index (χ4v) is 2.53. The van der Waals surface area contributed by atoms with Crippen molar-refractivity contribution in [1.82, 2.24) is 4.90 Å². The van der Waals surface area contributed by atoms with E-state index in [4.69, 9.17) is 4.74 Å². The SMILES string of the molecule is O=C(COc1ccc(Br)cc1)N1CCCCCCC1. The van der Waals surface area contributed by atoms with E-state index in [1.54, 1.807) is 0 Å². The Hall–Kier alpha value is -1.03. The van der Waals surface area contributed by atoms with Crippen LogP contribution in [-0.4, -0.2) is 30.5 Å². The molecule has 1 heterocycles. The van der Waals surface area contributed by atoms with Gasteiger partial charge in [-0.05, 0) is 37.1 Å². The highest BCUT2D eigenvalue weighted by atomic mass is 79.9. The van der Waals surface area contributed by atoms with Gasteiger partial charge in [-0.25, -0.2) is 0 Å². The Balaban J connectivity index is 1.80. The number of amides is 1. The summed E-state index contributed by atoms with van der Waals surface area (Å²) in [4.78, 5) is 14.0. The second kappa shape index (κ2) is 7.53. The normalized spacial score (nSPS) is 16.6. The van der Waals surface area contributed by atoms with Crippen molar-refractivity contribution in [3.63, 3.8) is 0 Å². The molecule has 4 heteroatoms. The van der Waals surface area contributed by atoms with Crippen molar-refractivity contribution in [2.45, 2.75) is 32.1 Å². The van der Waals surface area contributed by atoms with Crippen LogP contribution < -0.4 is 4.74 Å². The molecule has 2 rings (SSSR count). The number of halogens is 1. The largest absolute Gasteiger partial charge is 0.484 e. The van der Waals surface area contributed by atoms with E-state index in [0.717, 1.165) is 36.2 Å². The van der Waals surface area contributed by atoms with Gasteiger partial charge < -0.3 is 9.64 Å². The van der Waals surface area contributed by atoms with Gasteiger partial charge in [0.05, 0.1) is 0 Å². The highest BCUT2D eigenvalue weighted by Gasteiger charge is 2.15. The summed E-state index contributed by atoms with van der Waals surface area (Å²) < 4.78 is 6.55. The molecule has 0 radical (unpaired) electrons. The van der Waals surface area contributed by atoms with Gasteiger partial charge in [-0.2, -0.15) is 0 Å². The maximum Gasteiger partial charge on any atom is 0.260 e. The molecule has 0 spiro atoms. The topological polar surface area (TPSA) is 29.5 Å². The van der Waals surface area contributed by atoms with Crippen LogP contribution >= 0.6 is 15.9 Å². The lowest BCUT2D eigenvalue weighted by atomic mass is 10.1. The van der Waals surface area contributed by atoms with Gasteiger partial charge in [-0.1, -0.05) is 35.2 Å². The lowest BCUT2D eigenvalue weighted by Crippen LogP contribution is -2.37. The summed E-state index contributed by atoms with van der Waals surface area (Å²) in [5.41, 5.74) is 0. The molecule has 0 N–H and O–H groups in total. The Morgan fingerprint density at radius 3 is 2.26 bits per heavy atom. The minimum Gasteiger partial charge on any atom is -0.484 e. The van der Waals surface area contributed by atoms with E-state index in [1.165, 1.54) is 19.3 Å². The summed E-state index contributed by atoms with van der Waals surface area (Å²) in [6.07, 6.45) is 6.00. The third-order valence-corrected chi connectivity index (χ3v) is 3.91. The van der Waals surface area contributed by atoms with E-state index in [-0.39, 0.29) is 12.5 Å². The van der Waals surface area contributed by atoms with Crippen LogP contribution in [0.2, 0.25) is 0 Å². The van der Waals surface area contributed by atoms with Gasteiger partial charge in [0.1, 0.15) is 5.75 Å². The van der Waals surface area contributed by atoms with E-state index < -0.39 is 0 Å². The first-order valence-electron chi connectivity index (χ1n) is 6.92. The minimum atomic E-state index is 0.102. The van der Waals surface area contributed by atoms with Gasteiger partial charge >= 0.3 is 0 Å². The number of hydrogen-bond donors (Lipinski definition) is 0. The molecule has 1 aromatic rings.